The molecule has 3 heteroatoms. The first-order valence-electron chi connectivity index (χ1n) is 6.39. The van der Waals surface area contributed by atoms with Crippen LogP contribution < -0.4 is 5.32 Å². The van der Waals surface area contributed by atoms with E-state index >= 15 is 0 Å². The van der Waals surface area contributed by atoms with Crippen LogP contribution in [0.4, 0.5) is 0 Å². The van der Waals surface area contributed by atoms with Crippen molar-refractivity contribution in [3.05, 3.63) is 0 Å². The van der Waals surface area contributed by atoms with Crippen molar-refractivity contribution in [1.29, 1.82) is 0 Å². The summed E-state index contributed by atoms with van der Waals surface area (Å²) in [5.41, 5.74) is 0. The van der Waals surface area contributed by atoms with Crippen LogP contribution in [0.1, 0.15) is 33.1 Å². The lowest BCUT2D eigenvalue weighted by atomic mass is 9.98. The zero-order chi connectivity index (χ0) is 10.7. The highest BCUT2D eigenvalue weighted by Crippen LogP contribution is 2.22. The molecular weight excluding hydrogens is 188 g/mol. The van der Waals surface area contributed by atoms with E-state index < -0.39 is 0 Å². The van der Waals surface area contributed by atoms with Crippen LogP contribution in [-0.2, 0) is 4.74 Å². The summed E-state index contributed by atoms with van der Waals surface area (Å²) < 4.78 is 5.63. The Bertz CT molecular complexity index is 194. The maximum absolute atomic E-state index is 5.63. The zero-order valence-corrected chi connectivity index (χ0v) is 10.0. The summed E-state index contributed by atoms with van der Waals surface area (Å²) in [6.45, 7) is 9.06. The first-order chi connectivity index (χ1) is 7.31. The summed E-state index contributed by atoms with van der Waals surface area (Å²) in [5.74, 6) is 0. The van der Waals surface area contributed by atoms with Crippen LogP contribution in [0.3, 0.4) is 0 Å². The maximum Gasteiger partial charge on any atom is 0.0561 e. The Hall–Kier alpha value is -0.120. The molecule has 0 aromatic carbocycles. The quantitative estimate of drug-likeness (QED) is 0.759. The van der Waals surface area contributed by atoms with E-state index in [-0.39, 0.29) is 0 Å². The van der Waals surface area contributed by atoms with Crippen LogP contribution in [0, 0.1) is 0 Å². The van der Waals surface area contributed by atoms with E-state index in [2.05, 4.69) is 24.1 Å². The fraction of sp³-hybridized carbons (Fsp3) is 1.00. The van der Waals surface area contributed by atoms with Gasteiger partial charge in [-0.05, 0) is 32.7 Å². The second-order valence-electron chi connectivity index (χ2n) is 4.91. The molecule has 2 aliphatic rings. The molecule has 88 valence electrons. The van der Waals surface area contributed by atoms with Gasteiger partial charge in [-0.15, -0.1) is 0 Å². The molecule has 1 N–H and O–H groups in total. The predicted molar refractivity (Wildman–Crippen MR) is 62.1 cm³/mol. The van der Waals surface area contributed by atoms with Crippen LogP contribution in [0.15, 0.2) is 0 Å². The highest BCUT2D eigenvalue weighted by Gasteiger charge is 2.32. The van der Waals surface area contributed by atoms with Crippen molar-refractivity contribution in [2.45, 2.75) is 51.3 Å². The van der Waals surface area contributed by atoms with Gasteiger partial charge in [-0.3, -0.25) is 4.90 Å². The van der Waals surface area contributed by atoms with E-state index in [9.17, 15) is 0 Å². The third kappa shape index (κ3) is 2.71. The highest BCUT2D eigenvalue weighted by molar-refractivity contribution is 4.90. The van der Waals surface area contributed by atoms with E-state index in [1.54, 1.807) is 0 Å². The van der Waals surface area contributed by atoms with Crippen LogP contribution in [0.25, 0.3) is 0 Å². The molecule has 0 spiro atoms. The van der Waals surface area contributed by atoms with Crippen molar-refractivity contribution < 1.29 is 4.74 Å². The van der Waals surface area contributed by atoms with E-state index in [0.717, 1.165) is 18.7 Å². The molecule has 3 nitrogen and oxygen atoms in total. The van der Waals surface area contributed by atoms with Gasteiger partial charge in [0.1, 0.15) is 0 Å². The number of ether oxygens (including phenoxy) is 1. The van der Waals surface area contributed by atoms with Gasteiger partial charge in [-0.1, -0.05) is 6.92 Å². The Morgan fingerprint density at radius 2 is 2.13 bits per heavy atom. The summed E-state index contributed by atoms with van der Waals surface area (Å²) in [6, 6.07) is 1.56. The van der Waals surface area contributed by atoms with Gasteiger partial charge in [0.25, 0.3) is 0 Å². The summed E-state index contributed by atoms with van der Waals surface area (Å²) in [6.07, 6.45) is 4.16. The third-order valence-corrected chi connectivity index (χ3v) is 3.64. The highest BCUT2D eigenvalue weighted by atomic mass is 16.5. The van der Waals surface area contributed by atoms with Gasteiger partial charge >= 0.3 is 0 Å². The van der Waals surface area contributed by atoms with Crippen LogP contribution in [0.2, 0.25) is 0 Å². The van der Waals surface area contributed by atoms with Gasteiger partial charge in [0.05, 0.1) is 6.10 Å². The van der Waals surface area contributed by atoms with Crippen molar-refractivity contribution in [2.24, 2.45) is 0 Å². The lowest BCUT2D eigenvalue weighted by Gasteiger charge is -2.45. The molecule has 0 aromatic rings. The topological polar surface area (TPSA) is 24.5 Å². The Kier molecular flexibility index (Phi) is 4.00. The van der Waals surface area contributed by atoms with Crippen molar-refractivity contribution in [3.63, 3.8) is 0 Å². The monoisotopic (exact) mass is 212 g/mol. The molecule has 2 aliphatic heterocycles. The fourth-order valence-electron chi connectivity index (χ4n) is 2.70. The predicted octanol–water partition coefficient (Wildman–Crippen LogP) is 1.24. The first kappa shape index (κ1) is 11.4. The number of hydrogen-bond donors (Lipinski definition) is 1. The molecule has 15 heavy (non-hydrogen) atoms. The SMILES string of the molecule is CCCN(C1CNC1)C1CCOC(C)C1. The molecule has 2 saturated heterocycles. The summed E-state index contributed by atoms with van der Waals surface area (Å²) >= 11 is 0. The summed E-state index contributed by atoms with van der Waals surface area (Å²) in [5, 5.41) is 3.38. The largest absolute Gasteiger partial charge is 0.378 e. The maximum atomic E-state index is 5.63. The van der Waals surface area contributed by atoms with Gasteiger partial charge < -0.3 is 10.1 Å². The van der Waals surface area contributed by atoms with Gasteiger partial charge in [-0.2, -0.15) is 0 Å². The third-order valence-electron chi connectivity index (χ3n) is 3.64. The summed E-state index contributed by atoms with van der Waals surface area (Å²) in [4.78, 5) is 2.72. The molecule has 2 rings (SSSR count). The van der Waals surface area contributed by atoms with E-state index in [4.69, 9.17) is 4.74 Å². The second-order valence-corrected chi connectivity index (χ2v) is 4.91. The van der Waals surface area contributed by atoms with Gasteiger partial charge in [0.15, 0.2) is 0 Å². The fourth-order valence-corrected chi connectivity index (χ4v) is 2.70. The molecule has 0 saturated carbocycles. The van der Waals surface area contributed by atoms with E-state index in [1.165, 1.54) is 38.9 Å². The van der Waals surface area contributed by atoms with Crippen molar-refractivity contribution in [1.82, 2.24) is 10.2 Å². The smallest absolute Gasteiger partial charge is 0.0561 e. The Balaban J connectivity index is 1.90. The minimum atomic E-state index is 0.455. The molecule has 2 fully saturated rings. The number of nitrogens with one attached hydrogen (secondary N) is 1. The van der Waals surface area contributed by atoms with Crippen LogP contribution >= 0.6 is 0 Å². The second kappa shape index (κ2) is 5.28. The Morgan fingerprint density at radius 1 is 1.33 bits per heavy atom. The van der Waals surface area contributed by atoms with Crippen LogP contribution in [-0.4, -0.2) is 49.3 Å². The molecule has 2 unspecified atom stereocenters. The first-order valence-corrected chi connectivity index (χ1v) is 6.39. The summed E-state index contributed by atoms with van der Waals surface area (Å²) in [7, 11) is 0. The number of hydrogen-bond acceptors (Lipinski definition) is 3. The van der Waals surface area contributed by atoms with Crippen molar-refractivity contribution in [2.75, 3.05) is 26.2 Å². The normalized spacial score (nSPS) is 33.0. The number of nitrogens with zero attached hydrogens (tertiary/aromatic N) is 1. The lowest BCUT2D eigenvalue weighted by molar-refractivity contribution is -0.0343. The van der Waals surface area contributed by atoms with Crippen molar-refractivity contribution >= 4 is 0 Å². The van der Waals surface area contributed by atoms with Gasteiger partial charge in [0.2, 0.25) is 0 Å². The molecule has 0 amide bonds. The zero-order valence-electron chi connectivity index (χ0n) is 10.0. The van der Waals surface area contributed by atoms with Gasteiger partial charge in [-0.25, -0.2) is 0 Å². The number of rotatable bonds is 4. The molecule has 0 aromatic heterocycles. The molecule has 0 bridgehead atoms. The average molecular weight is 212 g/mol. The minimum Gasteiger partial charge on any atom is -0.378 e. The van der Waals surface area contributed by atoms with Crippen LogP contribution in [0.5, 0.6) is 0 Å². The molecule has 0 aliphatic carbocycles. The molecule has 2 heterocycles. The van der Waals surface area contributed by atoms with E-state index in [1.807, 2.05) is 0 Å². The average Bonchev–Trinajstić information content (AvgIpc) is 2.14. The molecular formula is C12H24N2O. The Labute approximate surface area is 93.2 Å². The van der Waals surface area contributed by atoms with Crippen molar-refractivity contribution in [3.8, 4) is 0 Å². The Morgan fingerprint density at radius 3 is 2.67 bits per heavy atom. The lowest BCUT2D eigenvalue weighted by Crippen LogP contribution is -2.61. The minimum absolute atomic E-state index is 0.455. The standard InChI is InChI=1S/C12H24N2O/c1-3-5-14(12-8-13-9-12)11-4-6-15-10(2)7-11/h10-13H,3-9H2,1-2H3. The van der Waals surface area contributed by atoms with E-state index in [0.29, 0.717) is 6.10 Å². The molecule has 0 radical (unpaired) electrons. The van der Waals surface area contributed by atoms with Gasteiger partial charge in [0, 0.05) is 31.8 Å². The molecule has 2 atom stereocenters.